The smallest absolute Gasteiger partial charge is 0.250 e. The molecule has 8 heteroatoms. The number of methoxy groups -OCH3 is 1. The number of hydrogen-bond donors (Lipinski definition) is 3. The van der Waals surface area contributed by atoms with E-state index in [0.29, 0.717) is 23.4 Å². The first kappa shape index (κ1) is 22.3. The minimum absolute atomic E-state index is 0.0694. The van der Waals surface area contributed by atoms with Crippen LogP contribution in [0.5, 0.6) is 11.5 Å². The zero-order valence-electron chi connectivity index (χ0n) is 19.6. The van der Waals surface area contributed by atoms with Crippen LogP contribution < -0.4 is 15.4 Å². The Labute approximate surface area is 207 Å². The van der Waals surface area contributed by atoms with Crippen molar-refractivity contribution in [3.8, 4) is 11.5 Å². The van der Waals surface area contributed by atoms with E-state index in [1.54, 1.807) is 43.5 Å². The molecule has 3 heterocycles. The highest BCUT2D eigenvalue weighted by molar-refractivity contribution is 6.15. The van der Waals surface area contributed by atoms with E-state index >= 15 is 0 Å². The number of carbonyl (C=O) groups is 3. The lowest BCUT2D eigenvalue weighted by Gasteiger charge is -2.29. The van der Waals surface area contributed by atoms with Gasteiger partial charge in [-0.15, -0.1) is 0 Å². The van der Waals surface area contributed by atoms with Crippen LogP contribution in [0.1, 0.15) is 16.7 Å². The third-order valence-corrected chi connectivity index (χ3v) is 7.63. The molecule has 36 heavy (non-hydrogen) atoms. The molecule has 0 unspecified atom stereocenters. The van der Waals surface area contributed by atoms with Gasteiger partial charge in [-0.05, 0) is 36.2 Å². The summed E-state index contributed by atoms with van der Waals surface area (Å²) in [7, 11) is 1.55. The van der Waals surface area contributed by atoms with Crippen molar-refractivity contribution in [3.05, 3.63) is 89.5 Å². The highest BCUT2D eigenvalue weighted by atomic mass is 16.5. The Morgan fingerprint density at radius 3 is 2.44 bits per heavy atom. The van der Waals surface area contributed by atoms with Crippen molar-refractivity contribution in [2.75, 3.05) is 12.4 Å². The molecule has 0 radical (unpaired) electrons. The minimum Gasteiger partial charge on any atom is -0.508 e. The summed E-state index contributed by atoms with van der Waals surface area (Å²) in [5.41, 5.74) is 1.58. The number of benzene rings is 3. The average molecular weight is 484 g/mol. The molecular formula is C28H25N3O5. The van der Waals surface area contributed by atoms with Crippen LogP contribution in [0.25, 0.3) is 0 Å². The van der Waals surface area contributed by atoms with Crippen LogP contribution in [0.3, 0.4) is 0 Å². The number of imide groups is 1. The number of likely N-dealkylation sites (tertiary alicyclic amines) is 1. The van der Waals surface area contributed by atoms with Crippen molar-refractivity contribution >= 4 is 23.4 Å². The van der Waals surface area contributed by atoms with Crippen molar-refractivity contribution in [1.29, 1.82) is 0 Å². The molecule has 0 aliphatic carbocycles. The van der Waals surface area contributed by atoms with E-state index in [9.17, 15) is 19.5 Å². The van der Waals surface area contributed by atoms with Gasteiger partial charge >= 0.3 is 0 Å². The van der Waals surface area contributed by atoms with Crippen LogP contribution in [0.4, 0.5) is 5.69 Å². The first-order valence-electron chi connectivity index (χ1n) is 11.9. The zero-order valence-corrected chi connectivity index (χ0v) is 19.6. The summed E-state index contributed by atoms with van der Waals surface area (Å²) in [5, 5.41) is 16.0. The summed E-state index contributed by atoms with van der Waals surface area (Å²) in [6.45, 7) is 0.0694. The van der Waals surface area contributed by atoms with Crippen LogP contribution in [0.15, 0.2) is 72.8 Å². The number of ether oxygens (including phenoxy) is 1. The molecule has 0 bridgehead atoms. The van der Waals surface area contributed by atoms with Gasteiger partial charge in [-0.25, -0.2) is 0 Å². The summed E-state index contributed by atoms with van der Waals surface area (Å²) >= 11 is 0. The topological polar surface area (TPSA) is 108 Å². The van der Waals surface area contributed by atoms with Crippen molar-refractivity contribution in [1.82, 2.24) is 10.2 Å². The van der Waals surface area contributed by atoms with E-state index < -0.39 is 23.4 Å². The van der Waals surface area contributed by atoms with Crippen LogP contribution in [-0.4, -0.2) is 40.9 Å². The number of nitrogens with zero attached hydrogens (tertiary/aromatic N) is 1. The molecule has 2 saturated heterocycles. The lowest BCUT2D eigenvalue weighted by Crippen LogP contribution is -2.53. The van der Waals surface area contributed by atoms with E-state index in [0.717, 1.165) is 11.1 Å². The quantitative estimate of drug-likeness (QED) is 0.482. The number of carbonyl (C=O) groups excluding carboxylic acids is 3. The summed E-state index contributed by atoms with van der Waals surface area (Å²) in [6, 6.07) is 20.9. The summed E-state index contributed by atoms with van der Waals surface area (Å²) in [4.78, 5) is 42.7. The summed E-state index contributed by atoms with van der Waals surface area (Å²) < 4.78 is 5.44. The van der Waals surface area contributed by atoms with Crippen LogP contribution in [0.2, 0.25) is 0 Å². The van der Waals surface area contributed by atoms with Gasteiger partial charge < -0.3 is 15.2 Å². The van der Waals surface area contributed by atoms with Gasteiger partial charge in [0.25, 0.3) is 0 Å². The second-order valence-electron chi connectivity index (χ2n) is 9.51. The molecule has 8 nitrogen and oxygen atoms in total. The van der Waals surface area contributed by atoms with Gasteiger partial charge in [-0.2, -0.15) is 0 Å². The molecule has 0 aromatic heterocycles. The SMILES string of the molecule is COc1ccccc1CN1C(=O)[C@H]2[C@H](Cc3ccc(O)cc3)N[C@@]3(C(=O)Nc4ccccc43)[C@@H]2C1=O. The van der Waals surface area contributed by atoms with E-state index in [1.165, 1.54) is 4.90 Å². The Morgan fingerprint density at radius 2 is 1.67 bits per heavy atom. The van der Waals surface area contributed by atoms with Crippen LogP contribution in [-0.2, 0) is 32.9 Å². The first-order chi connectivity index (χ1) is 17.4. The number of para-hydroxylation sites is 2. The van der Waals surface area contributed by atoms with Gasteiger partial charge in [0.2, 0.25) is 17.7 Å². The molecule has 2 fully saturated rings. The average Bonchev–Trinajstić information content (AvgIpc) is 3.46. The van der Waals surface area contributed by atoms with Crippen LogP contribution in [0, 0.1) is 11.8 Å². The largest absolute Gasteiger partial charge is 0.508 e. The lowest BCUT2D eigenvalue weighted by molar-refractivity contribution is -0.143. The Kier molecular flexibility index (Phi) is 5.08. The summed E-state index contributed by atoms with van der Waals surface area (Å²) in [6.07, 6.45) is 0.417. The third kappa shape index (κ3) is 3.14. The van der Waals surface area contributed by atoms with E-state index in [1.807, 2.05) is 36.4 Å². The number of phenols is 1. The fraction of sp³-hybridized carbons (Fsp3) is 0.250. The highest BCUT2D eigenvalue weighted by Gasteiger charge is 2.70. The number of anilines is 1. The number of fused-ring (bicyclic) bond motifs is 4. The minimum atomic E-state index is -1.34. The third-order valence-electron chi connectivity index (χ3n) is 7.63. The number of rotatable bonds is 5. The molecule has 3 aliphatic heterocycles. The van der Waals surface area contributed by atoms with Gasteiger partial charge in [-0.1, -0.05) is 48.5 Å². The van der Waals surface area contributed by atoms with E-state index in [4.69, 9.17) is 4.74 Å². The maximum atomic E-state index is 14.0. The molecule has 4 atom stereocenters. The summed E-state index contributed by atoms with van der Waals surface area (Å²) in [5.74, 6) is -1.88. The molecule has 0 saturated carbocycles. The normalized spacial score (nSPS) is 26.3. The second kappa shape index (κ2) is 8.20. The van der Waals surface area contributed by atoms with Crippen LogP contribution >= 0.6 is 0 Å². The van der Waals surface area contributed by atoms with Gasteiger partial charge in [0.1, 0.15) is 17.0 Å². The standard InChI is InChI=1S/C28H25N3O5/c1-36-22-9-5-2-6-17(22)15-31-25(33)23-21(14-16-10-12-18(32)13-11-16)30-28(24(23)26(31)34)19-7-3-4-8-20(19)29-27(28)35/h2-13,21,23-24,30,32H,14-15H2,1H3,(H,29,35)/t21-,23-,24-,28+/m0/s1. The maximum absolute atomic E-state index is 14.0. The van der Waals surface area contributed by atoms with Crippen molar-refractivity contribution in [2.45, 2.75) is 24.5 Å². The molecule has 3 N–H and O–H groups in total. The highest BCUT2D eigenvalue weighted by Crippen LogP contribution is 2.53. The van der Waals surface area contributed by atoms with E-state index in [-0.39, 0.29) is 30.0 Å². The fourth-order valence-electron chi connectivity index (χ4n) is 6.04. The number of hydrogen-bond acceptors (Lipinski definition) is 6. The zero-order chi connectivity index (χ0) is 25.0. The molecule has 6 rings (SSSR count). The molecule has 182 valence electrons. The predicted molar refractivity (Wildman–Crippen MR) is 131 cm³/mol. The van der Waals surface area contributed by atoms with E-state index in [2.05, 4.69) is 10.6 Å². The molecular weight excluding hydrogens is 458 g/mol. The molecule has 3 aromatic carbocycles. The molecule has 1 spiro atoms. The van der Waals surface area contributed by atoms with Crippen molar-refractivity contribution in [2.24, 2.45) is 11.8 Å². The lowest BCUT2D eigenvalue weighted by atomic mass is 9.76. The Bertz CT molecular complexity index is 1390. The first-order valence-corrected chi connectivity index (χ1v) is 11.9. The van der Waals surface area contributed by atoms with Gasteiger partial charge in [-0.3, -0.25) is 24.6 Å². The van der Waals surface area contributed by atoms with Crippen molar-refractivity contribution in [3.63, 3.8) is 0 Å². The monoisotopic (exact) mass is 483 g/mol. The predicted octanol–water partition coefficient (Wildman–Crippen LogP) is 2.56. The van der Waals surface area contributed by atoms with Gasteiger partial charge in [0.05, 0.1) is 25.5 Å². The molecule has 3 aliphatic rings. The molecule has 3 amide bonds. The van der Waals surface area contributed by atoms with Gasteiger partial charge in [0, 0.05) is 22.9 Å². The number of phenolic OH excluding ortho intramolecular Hbond substituents is 1. The van der Waals surface area contributed by atoms with Gasteiger partial charge in [0.15, 0.2) is 0 Å². The Balaban J connectivity index is 1.43. The molecule has 3 aromatic rings. The second-order valence-corrected chi connectivity index (χ2v) is 9.51. The number of aromatic hydroxyl groups is 1. The number of amides is 3. The maximum Gasteiger partial charge on any atom is 0.250 e. The number of nitrogens with one attached hydrogen (secondary N) is 2. The fourth-order valence-corrected chi connectivity index (χ4v) is 6.04. The Hall–Kier alpha value is -4.17. The van der Waals surface area contributed by atoms with Crippen molar-refractivity contribution < 1.29 is 24.2 Å². The Morgan fingerprint density at radius 1 is 0.944 bits per heavy atom.